The first-order valence-corrected chi connectivity index (χ1v) is 10.2. The zero-order chi connectivity index (χ0) is 20.1. The van der Waals surface area contributed by atoms with Crippen LogP contribution >= 0.6 is 0 Å². The van der Waals surface area contributed by atoms with Crippen LogP contribution in [0.2, 0.25) is 0 Å². The lowest BCUT2D eigenvalue weighted by atomic mass is 10.1. The fourth-order valence-corrected chi connectivity index (χ4v) is 3.82. The SMILES string of the molecule is CC(=O)c1cccc(NC(=O)CCNS(=O)(=O)c2ccc3ccccc3c2)c1. The van der Waals surface area contributed by atoms with Crippen LogP contribution in [0.5, 0.6) is 0 Å². The Labute approximate surface area is 163 Å². The van der Waals surface area contributed by atoms with E-state index in [1.165, 1.54) is 13.0 Å². The second-order valence-corrected chi connectivity index (χ2v) is 8.11. The van der Waals surface area contributed by atoms with Crippen LogP contribution in [0, 0.1) is 0 Å². The number of carbonyl (C=O) groups excluding carboxylic acids is 2. The van der Waals surface area contributed by atoms with Crippen molar-refractivity contribution < 1.29 is 18.0 Å². The number of ketones is 1. The Bertz CT molecular complexity index is 1140. The van der Waals surface area contributed by atoms with Gasteiger partial charge in [0.1, 0.15) is 0 Å². The van der Waals surface area contributed by atoms with Gasteiger partial charge in [-0.15, -0.1) is 0 Å². The summed E-state index contributed by atoms with van der Waals surface area (Å²) in [4.78, 5) is 23.6. The summed E-state index contributed by atoms with van der Waals surface area (Å²) in [5, 5.41) is 4.44. The molecule has 0 saturated carbocycles. The number of benzene rings is 3. The monoisotopic (exact) mass is 396 g/mol. The number of anilines is 1. The maximum atomic E-state index is 12.5. The zero-order valence-electron chi connectivity index (χ0n) is 15.3. The number of nitrogens with one attached hydrogen (secondary N) is 2. The zero-order valence-corrected chi connectivity index (χ0v) is 16.1. The molecule has 0 aliphatic carbocycles. The molecule has 0 bridgehead atoms. The van der Waals surface area contributed by atoms with Crippen molar-refractivity contribution in [3.05, 3.63) is 72.3 Å². The van der Waals surface area contributed by atoms with Gasteiger partial charge in [0.25, 0.3) is 0 Å². The Kier molecular flexibility index (Phi) is 5.87. The van der Waals surface area contributed by atoms with E-state index in [9.17, 15) is 18.0 Å². The Morgan fingerprint density at radius 2 is 1.64 bits per heavy atom. The molecule has 144 valence electrons. The summed E-state index contributed by atoms with van der Waals surface area (Å²) in [5.74, 6) is -0.443. The molecular weight excluding hydrogens is 376 g/mol. The number of Topliss-reactive ketones (excluding diaryl/α,β-unsaturated/α-hetero) is 1. The van der Waals surface area contributed by atoms with Crippen LogP contribution < -0.4 is 10.0 Å². The van der Waals surface area contributed by atoms with Crippen LogP contribution in [0.25, 0.3) is 10.8 Å². The van der Waals surface area contributed by atoms with Crippen molar-refractivity contribution in [2.75, 3.05) is 11.9 Å². The predicted molar refractivity (Wildman–Crippen MR) is 109 cm³/mol. The van der Waals surface area contributed by atoms with Gasteiger partial charge in [-0.2, -0.15) is 0 Å². The van der Waals surface area contributed by atoms with Crippen molar-refractivity contribution in [1.29, 1.82) is 0 Å². The first-order chi connectivity index (χ1) is 13.3. The first kappa shape index (κ1) is 19.7. The van der Waals surface area contributed by atoms with E-state index in [4.69, 9.17) is 0 Å². The van der Waals surface area contributed by atoms with Gasteiger partial charge in [-0.1, -0.05) is 42.5 Å². The lowest BCUT2D eigenvalue weighted by molar-refractivity contribution is -0.116. The molecule has 0 aromatic heterocycles. The van der Waals surface area contributed by atoms with Gasteiger partial charge in [-0.3, -0.25) is 9.59 Å². The first-order valence-electron chi connectivity index (χ1n) is 8.74. The summed E-state index contributed by atoms with van der Waals surface area (Å²) in [6.07, 6.45) is -0.0306. The highest BCUT2D eigenvalue weighted by atomic mass is 32.2. The average Bonchev–Trinajstić information content (AvgIpc) is 2.67. The summed E-state index contributed by atoms with van der Waals surface area (Å²) in [5.41, 5.74) is 0.991. The van der Waals surface area contributed by atoms with Crippen LogP contribution in [0.3, 0.4) is 0 Å². The number of hydrogen-bond donors (Lipinski definition) is 2. The topological polar surface area (TPSA) is 92.3 Å². The molecule has 3 aromatic rings. The Morgan fingerprint density at radius 3 is 2.39 bits per heavy atom. The second kappa shape index (κ2) is 8.33. The molecule has 1 amide bonds. The number of amides is 1. The van der Waals surface area contributed by atoms with Crippen LogP contribution in [0.15, 0.2) is 71.6 Å². The molecule has 0 unspecified atom stereocenters. The summed E-state index contributed by atoms with van der Waals surface area (Å²) < 4.78 is 27.4. The average molecular weight is 396 g/mol. The van der Waals surface area contributed by atoms with E-state index in [1.54, 1.807) is 36.4 Å². The van der Waals surface area contributed by atoms with E-state index in [1.807, 2.05) is 24.3 Å². The van der Waals surface area contributed by atoms with E-state index < -0.39 is 10.0 Å². The molecule has 0 radical (unpaired) electrons. The van der Waals surface area contributed by atoms with Crippen molar-refractivity contribution in [3.8, 4) is 0 Å². The third-order valence-electron chi connectivity index (χ3n) is 4.23. The third-order valence-corrected chi connectivity index (χ3v) is 5.69. The molecule has 2 N–H and O–H groups in total. The van der Waals surface area contributed by atoms with Gasteiger partial charge in [0.05, 0.1) is 4.90 Å². The quantitative estimate of drug-likeness (QED) is 0.599. The molecule has 0 spiro atoms. The van der Waals surface area contributed by atoms with Gasteiger partial charge in [0.2, 0.25) is 15.9 Å². The standard InChI is InChI=1S/C21H20N2O4S/c1-15(24)17-7-4-8-19(13-17)23-21(25)11-12-22-28(26,27)20-10-9-16-5-2-3-6-18(16)14-20/h2-10,13-14,22H,11-12H2,1H3,(H,23,25). The lowest BCUT2D eigenvalue weighted by Crippen LogP contribution is -2.27. The van der Waals surface area contributed by atoms with E-state index >= 15 is 0 Å². The second-order valence-electron chi connectivity index (χ2n) is 6.34. The van der Waals surface area contributed by atoms with Gasteiger partial charge < -0.3 is 5.32 Å². The molecule has 0 heterocycles. The molecule has 0 fully saturated rings. The molecule has 0 aliphatic rings. The molecule has 0 atom stereocenters. The number of carbonyl (C=O) groups is 2. The van der Waals surface area contributed by atoms with E-state index in [-0.39, 0.29) is 29.6 Å². The van der Waals surface area contributed by atoms with Crippen molar-refractivity contribution in [1.82, 2.24) is 4.72 Å². The molecule has 3 rings (SSSR count). The predicted octanol–water partition coefficient (Wildman–Crippen LogP) is 3.35. The number of rotatable bonds is 7. The van der Waals surface area contributed by atoms with Crippen molar-refractivity contribution in [2.24, 2.45) is 0 Å². The van der Waals surface area contributed by atoms with E-state index in [2.05, 4.69) is 10.0 Å². The lowest BCUT2D eigenvalue weighted by Gasteiger charge is -2.09. The van der Waals surface area contributed by atoms with Crippen LogP contribution in [0.4, 0.5) is 5.69 Å². The van der Waals surface area contributed by atoms with Gasteiger partial charge in [0.15, 0.2) is 5.78 Å². The molecule has 7 heteroatoms. The molecule has 28 heavy (non-hydrogen) atoms. The summed E-state index contributed by atoms with van der Waals surface area (Å²) in [7, 11) is -3.71. The molecule has 0 aliphatic heterocycles. The molecular formula is C21H20N2O4S. The van der Waals surface area contributed by atoms with Gasteiger partial charge in [-0.25, -0.2) is 13.1 Å². The maximum absolute atomic E-state index is 12.5. The van der Waals surface area contributed by atoms with Gasteiger partial charge in [0, 0.05) is 24.2 Å². The minimum Gasteiger partial charge on any atom is -0.326 e. The summed E-state index contributed by atoms with van der Waals surface area (Å²) in [6, 6.07) is 19.0. The fourth-order valence-electron chi connectivity index (χ4n) is 2.76. The van der Waals surface area contributed by atoms with Crippen LogP contribution in [0.1, 0.15) is 23.7 Å². The van der Waals surface area contributed by atoms with Gasteiger partial charge in [-0.05, 0) is 42.0 Å². The van der Waals surface area contributed by atoms with Crippen molar-refractivity contribution >= 4 is 38.2 Å². The highest BCUT2D eigenvalue weighted by molar-refractivity contribution is 7.89. The minimum atomic E-state index is -3.71. The summed E-state index contributed by atoms with van der Waals surface area (Å²) >= 11 is 0. The number of hydrogen-bond acceptors (Lipinski definition) is 4. The number of sulfonamides is 1. The van der Waals surface area contributed by atoms with E-state index in [0.717, 1.165) is 10.8 Å². The smallest absolute Gasteiger partial charge is 0.240 e. The fraction of sp³-hybridized carbons (Fsp3) is 0.143. The van der Waals surface area contributed by atoms with Crippen LogP contribution in [-0.4, -0.2) is 26.7 Å². The Hall–Kier alpha value is -3.03. The molecule has 0 saturated heterocycles. The van der Waals surface area contributed by atoms with E-state index in [0.29, 0.717) is 11.3 Å². The maximum Gasteiger partial charge on any atom is 0.240 e. The number of fused-ring (bicyclic) bond motifs is 1. The molecule has 3 aromatic carbocycles. The largest absolute Gasteiger partial charge is 0.326 e. The highest BCUT2D eigenvalue weighted by Gasteiger charge is 2.15. The Balaban J connectivity index is 1.59. The normalized spacial score (nSPS) is 11.3. The molecule has 6 nitrogen and oxygen atoms in total. The van der Waals surface area contributed by atoms with Crippen molar-refractivity contribution in [3.63, 3.8) is 0 Å². The van der Waals surface area contributed by atoms with Crippen molar-refractivity contribution in [2.45, 2.75) is 18.2 Å². The third kappa shape index (κ3) is 4.82. The minimum absolute atomic E-state index is 0.0306. The Morgan fingerprint density at radius 1 is 0.893 bits per heavy atom. The summed E-state index contributed by atoms with van der Waals surface area (Å²) in [6.45, 7) is 1.41. The highest BCUT2D eigenvalue weighted by Crippen LogP contribution is 2.18. The van der Waals surface area contributed by atoms with Gasteiger partial charge >= 0.3 is 0 Å². The van der Waals surface area contributed by atoms with Crippen LogP contribution in [-0.2, 0) is 14.8 Å².